The predicted octanol–water partition coefficient (Wildman–Crippen LogP) is 5.29. The van der Waals surface area contributed by atoms with Crippen molar-refractivity contribution in [2.45, 2.75) is 25.8 Å². The maximum absolute atomic E-state index is 15.4. The van der Waals surface area contributed by atoms with E-state index in [0.717, 1.165) is 18.9 Å². The minimum atomic E-state index is -0.788. The van der Waals surface area contributed by atoms with Gasteiger partial charge in [-0.05, 0) is 61.7 Å². The third-order valence-electron chi connectivity index (χ3n) is 7.74. The van der Waals surface area contributed by atoms with Crippen molar-refractivity contribution in [2.24, 2.45) is 0 Å². The number of carbonyl (C=O) groups is 1. The van der Waals surface area contributed by atoms with Gasteiger partial charge in [-0.25, -0.2) is 23.4 Å². The zero-order valence-electron chi connectivity index (χ0n) is 26.3. The van der Waals surface area contributed by atoms with Crippen LogP contribution in [0.25, 0.3) is 16.6 Å². The Hall–Kier alpha value is -5.34. The van der Waals surface area contributed by atoms with Crippen molar-refractivity contribution in [3.63, 3.8) is 0 Å². The molecule has 1 amide bonds. The first-order chi connectivity index (χ1) is 23.4. The van der Waals surface area contributed by atoms with E-state index in [4.69, 9.17) is 23.7 Å². The number of nitrogens with zero attached hydrogens (tertiary/aromatic N) is 4. The average Bonchev–Trinajstić information content (AvgIpc) is 3.38. The molecule has 0 spiro atoms. The van der Waals surface area contributed by atoms with Gasteiger partial charge in [0.15, 0.2) is 11.5 Å². The van der Waals surface area contributed by atoms with Crippen LogP contribution < -0.4 is 25.1 Å². The molecule has 2 aromatic heterocycles. The summed E-state index contributed by atoms with van der Waals surface area (Å²) in [7, 11) is 3.14. The molecule has 6 rings (SSSR count). The number of hydrogen-bond acceptors (Lipinski definition) is 9. The number of carbonyl (C=O) groups excluding carboxylic acids is 1. The molecule has 48 heavy (non-hydrogen) atoms. The van der Waals surface area contributed by atoms with Crippen LogP contribution in [0.4, 0.5) is 14.5 Å². The van der Waals surface area contributed by atoms with Gasteiger partial charge in [-0.2, -0.15) is 0 Å². The van der Waals surface area contributed by atoms with Gasteiger partial charge in [0.25, 0.3) is 11.5 Å². The summed E-state index contributed by atoms with van der Waals surface area (Å²) in [6, 6.07) is 12.7. The van der Waals surface area contributed by atoms with Crippen LogP contribution in [0.5, 0.6) is 23.1 Å². The summed E-state index contributed by atoms with van der Waals surface area (Å²) in [6.45, 7) is 1.78. The SMILES string of the molecule is COCCOc1cc2ncnc(Oc3ccc(NC(=O)c4c5n(n(-c6ccc(F)cc6)c4=O)CCCC5)c(F)c3)c2cc1OCCOC. The number of hydrogen-bond donors (Lipinski definition) is 1. The van der Waals surface area contributed by atoms with Crippen molar-refractivity contribution in [3.05, 3.63) is 94.2 Å². The second-order valence-electron chi connectivity index (χ2n) is 10.9. The summed E-state index contributed by atoms with van der Waals surface area (Å²) in [6.07, 6.45) is 3.40. The molecule has 0 radical (unpaired) electrons. The van der Waals surface area contributed by atoms with E-state index in [2.05, 4.69) is 15.3 Å². The van der Waals surface area contributed by atoms with Crippen molar-refractivity contribution in [3.8, 4) is 28.8 Å². The zero-order valence-corrected chi connectivity index (χ0v) is 26.3. The second kappa shape index (κ2) is 14.6. The summed E-state index contributed by atoms with van der Waals surface area (Å²) >= 11 is 0. The molecule has 1 aliphatic heterocycles. The van der Waals surface area contributed by atoms with Crippen molar-refractivity contribution < 1.29 is 37.3 Å². The fourth-order valence-electron chi connectivity index (χ4n) is 5.47. The van der Waals surface area contributed by atoms with E-state index < -0.39 is 23.1 Å². The minimum Gasteiger partial charge on any atom is -0.487 e. The number of aromatic nitrogens is 4. The fraction of sp³-hybridized carbons (Fsp3) is 0.294. The number of nitrogens with one attached hydrogen (secondary N) is 1. The van der Waals surface area contributed by atoms with Crippen LogP contribution >= 0.6 is 0 Å². The van der Waals surface area contributed by atoms with E-state index in [1.54, 1.807) is 31.0 Å². The van der Waals surface area contributed by atoms with Crippen molar-refractivity contribution in [1.82, 2.24) is 19.3 Å². The Morgan fingerprint density at radius 1 is 0.896 bits per heavy atom. The summed E-state index contributed by atoms with van der Waals surface area (Å²) in [5.74, 6) is -0.883. The molecular weight excluding hydrogens is 628 g/mol. The zero-order chi connectivity index (χ0) is 33.6. The molecule has 1 aliphatic rings. The summed E-state index contributed by atoms with van der Waals surface area (Å²) in [5, 5.41) is 3.02. The standard InChI is InChI=1S/C34H33F2N5O7/c1-44-13-15-46-29-18-24-27(19-30(29)47-16-14-45-2)37-20-38-33(24)48-23-10-11-26(25(36)17-23)39-32(42)31-28-5-3-4-12-40(28)41(34(31)43)22-8-6-21(35)7-9-22/h6-11,17-20H,3-5,12-16H2,1-2H3,(H,39,42). The van der Waals surface area contributed by atoms with Gasteiger partial charge in [0.1, 0.15) is 42.5 Å². The number of amides is 1. The van der Waals surface area contributed by atoms with Crippen LogP contribution in [0.1, 0.15) is 28.9 Å². The lowest BCUT2D eigenvalue weighted by molar-refractivity contribution is 0.102. The Bertz CT molecular complexity index is 2000. The lowest BCUT2D eigenvalue weighted by Gasteiger charge is -2.19. The largest absolute Gasteiger partial charge is 0.487 e. The fourth-order valence-corrected chi connectivity index (χ4v) is 5.47. The molecule has 250 valence electrons. The second-order valence-corrected chi connectivity index (χ2v) is 10.9. The molecule has 0 unspecified atom stereocenters. The Kier molecular flexibility index (Phi) is 9.92. The maximum atomic E-state index is 15.4. The van der Waals surface area contributed by atoms with Crippen molar-refractivity contribution in [2.75, 3.05) is 46.0 Å². The molecule has 5 aromatic rings. The number of ether oxygens (including phenoxy) is 5. The van der Waals surface area contributed by atoms with Gasteiger partial charge < -0.3 is 29.0 Å². The number of halogens is 2. The van der Waals surface area contributed by atoms with Gasteiger partial charge in [0.05, 0.1) is 41.2 Å². The highest BCUT2D eigenvalue weighted by Crippen LogP contribution is 2.37. The molecule has 1 N–H and O–H groups in total. The Morgan fingerprint density at radius 3 is 2.33 bits per heavy atom. The molecule has 0 aliphatic carbocycles. The average molecular weight is 662 g/mol. The highest BCUT2D eigenvalue weighted by Gasteiger charge is 2.28. The van der Waals surface area contributed by atoms with Crippen LogP contribution in [-0.4, -0.2) is 65.9 Å². The third-order valence-corrected chi connectivity index (χ3v) is 7.74. The lowest BCUT2D eigenvalue weighted by atomic mass is 10.1. The van der Waals surface area contributed by atoms with E-state index in [1.165, 1.54) is 47.4 Å². The highest BCUT2D eigenvalue weighted by atomic mass is 19.1. The number of rotatable bonds is 13. The van der Waals surface area contributed by atoms with Gasteiger partial charge in [0, 0.05) is 32.9 Å². The van der Waals surface area contributed by atoms with Crippen LogP contribution in [0.2, 0.25) is 0 Å². The van der Waals surface area contributed by atoms with E-state index in [9.17, 15) is 14.0 Å². The van der Waals surface area contributed by atoms with Crippen LogP contribution in [0, 0.1) is 11.6 Å². The highest BCUT2D eigenvalue weighted by molar-refractivity contribution is 6.05. The number of benzene rings is 3. The Balaban J connectivity index is 1.25. The lowest BCUT2D eigenvalue weighted by Crippen LogP contribution is -2.26. The summed E-state index contributed by atoms with van der Waals surface area (Å²) in [4.78, 5) is 35.6. The van der Waals surface area contributed by atoms with E-state index in [-0.39, 0.29) is 36.1 Å². The maximum Gasteiger partial charge on any atom is 0.284 e. The predicted molar refractivity (Wildman–Crippen MR) is 172 cm³/mol. The topological polar surface area (TPSA) is 128 Å². The van der Waals surface area contributed by atoms with Gasteiger partial charge >= 0.3 is 0 Å². The first-order valence-electron chi connectivity index (χ1n) is 15.3. The normalized spacial score (nSPS) is 12.5. The minimum absolute atomic E-state index is 0.0831. The molecule has 14 heteroatoms. The quantitative estimate of drug-likeness (QED) is 0.167. The molecule has 0 fully saturated rings. The van der Waals surface area contributed by atoms with Crippen molar-refractivity contribution in [1.29, 1.82) is 0 Å². The summed E-state index contributed by atoms with van der Waals surface area (Å²) in [5.41, 5.74) is 0.678. The molecule has 3 heterocycles. The number of methoxy groups -OCH3 is 2. The molecule has 0 atom stereocenters. The monoisotopic (exact) mass is 661 g/mol. The first kappa shape index (κ1) is 32.6. The van der Waals surface area contributed by atoms with Gasteiger partial charge in [-0.1, -0.05) is 0 Å². The van der Waals surface area contributed by atoms with Crippen LogP contribution in [-0.2, 0) is 22.4 Å². The van der Waals surface area contributed by atoms with Gasteiger partial charge in [-0.3, -0.25) is 14.3 Å². The Labute approximate surface area is 273 Å². The van der Waals surface area contributed by atoms with Crippen LogP contribution in [0.3, 0.4) is 0 Å². The summed E-state index contributed by atoms with van der Waals surface area (Å²) < 4.78 is 59.9. The van der Waals surface area contributed by atoms with Crippen LogP contribution in [0.15, 0.2) is 65.7 Å². The number of fused-ring (bicyclic) bond motifs is 2. The first-order valence-corrected chi connectivity index (χ1v) is 15.3. The van der Waals surface area contributed by atoms with E-state index in [1.807, 2.05) is 0 Å². The van der Waals surface area contributed by atoms with Crippen molar-refractivity contribution >= 4 is 22.5 Å². The van der Waals surface area contributed by atoms with E-state index in [0.29, 0.717) is 60.0 Å². The molecular formula is C34H33F2N5O7. The smallest absolute Gasteiger partial charge is 0.284 e. The van der Waals surface area contributed by atoms with Gasteiger partial charge in [-0.15, -0.1) is 0 Å². The number of anilines is 1. The third kappa shape index (κ3) is 6.85. The molecule has 3 aromatic carbocycles. The molecule has 0 saturated heterocycles. The van der Waals surface area contributed by atoms with Gasteiger partial charge in [0.2, 0.25) is 5.88 Å². The molecule has 12 nitrogen and oxygen atoms in total. The Morgan fingerprint density at radius 2 is 1.62 bits per heavy atom. The van der Waals surface area contributed by atoms with E-state index >= 15 is 4.39 Å². The molecule has 0 bridgehead atoms. The molecule has 0 saturated carbocycles.